The molecule has 1 aliphatic heterocycles. The summed E-state index contributed by atoms with van der Waals surface area (Å²) in [6, 6.07) is 0. The second-order valence-corrected chi connectivity index (χ2v) is 7.08. The molecule has 0 bridgehead atoms. The lowest BCUT2D eigenvalue weighted by Crippen LogP contribution is -2.56. The minimum atomic E-state index is -0.994. The molecule has 2 heterocycles. The van der Waals surface area contributed by atoms with Gasteiger partial charge in [0.15, 0.2) is 5.54 Å². The summed E-state index contributed by atoms with van der Waals surface area (Å²) in [4.78, 5) is 38.3. The number of hydrogen-bond donors (Lipinski definition) is 0. The van der Waals surface area contributed by atoms with Gasteiger partial charge in [0.1, 0.15) is 0 Å². The third-order valence-electron chi connectivity index (χ3n) is 5.35. The highest BCUT2D eigenvalue weighted by atomic mass is 16.2. The fourth-order valence-electron chi connectivity index (χ4n) is 4.17. The molecule has 1 aliphatic carbocycles. The van der Waals surface area contributed by atoms with Gasteiger partial charge < -0.3 is 9.80 Å². The third-order valence-corrected chi connectivity index (χ3v) is 5.35. The van der Waals surface area contributed by atoms with Crippen molar-refractivity contribution in [1.29, 1.82) is 0 Å². The molecular formula is C18H26N4O2. The van der Waals surface area contributed by atoms with E-state index in [-0.39, 0.29) is 17.7 Å². The van der Waals surface area contributed by atoms with Gasteiger partial charge in [-0.25, -0.2) is 0 Å². The van der Waals surface area contributed by atoms with Gasteiger partial charge in [-0.3, -0.25) is 19.6 Å². The van der Waals surface area contributed by atoms with Crippen LogP contribution in [0.2, 0.25) is 0 Å². The summed E-state index contributed by atoms with van der Waals surface area (Å²) >= 11 is 0. The van der Waals surface area contributed by atoms with Gasteiger partial charge in [0.2, 0.25) is 5.91 Å². The zero-order valence-corrected chi connectivity index (χ0v) is 14.6. The van der Waals surface area contributed by atoms with Gasteiger partial charge in [0.05, 0.1) is 11.9 Å². The lowest BCUT2D eigenvalue weighted by Gasteiger charge is -2.40. The van der Waals surface area contributed by atoms with E-state index in [9.17, 15) is 9.59 Å². The molecule has 1 unspecified atom stereocenters. The second-order valence-electron chi connectivity index (χ2n) is 7.08. The van der Waals surface area contributed by atoms with E-state index >= 15 is 0 Å². The van der Waals surface area contributed by atoms with Crippen LogP contribution in [-0.4, -0.2) is 52.2 Å². The summed E-state index contributed by atoms with van der Waals surface area (Å²) in [5, 5.41) is 0. The quantitative estimate of drug-likeness (QED) is 0.850. The average molecular weight is 330 g/mol. The highest BCUT2D eigenvalue weighted by Crippen LogP contribution is 2.41. The Bertz CT molecular complexity index is 598. The Labute approximate surface area is 143 Å². The fourth-order valence-corrected chi connectivity index (χ4v) is 4.17. The summed E-state index contributed by atoms with van der Waals surface area (Å²) in [6.07, 6.45) is 11.5. The molecule has 130 valence electrons. The van der Waals surface area contributed by atoms with E-state index in [1.807, 2.05) is 0 Å². The van der Waals surface area contributed by atoms with Crippen molar-refractivity contribution in [2.24, 2.45) is 5.92 Å². The van der Waals surface area contributed by atoms with E-state index in [0.29, 0.717) is 18.7 Å². The summed E-state index contributed by atoms with van der Waals surface area (Å²) in [6.45, 7) is 0.617. The molecule has 1 saturated carbocycles. The molecule has 6 heteroatoms. The number of likely N-dealkylation sites (tertiary alicyclic amines) is 1. The maximum atomic E-state index is 13.2. The van der Waals surface area contributed by atoms with Crippen LogP contribution >= 0.6 is 0 Å². The Hall–Kier alpha value is -1.98. The molecule has 24 heavy (non-hydrogen) atoms. The number of nitrogens with zero attached hydrogens (tertiary/aromatic N) is 4. The van der Waals surface area contributed by atoms with Crippen molar-refractivity contribution in [3.8, 4) is 0 Å². The largest absolute Gasteiger partial charge is 0.346 e. The Morgan fingerprint density at radius 2 is 1.92 bits per heavy atom. The molecule has 1 aromatic heterocycles. The lowest BCUT2D eigenvalue weighted by molar-refractivity contribution is -0.153. The molecule has 6 nitrogen and oxygen atoms in total. The molecule has 0 aromatic carbocycles. The zero-order chi connectivity index (χ0) is 17.2. The van der Waals surface area contributed by atoms with Crippen LogP contribution in [0.15, 0.2) is 18.6 Å². The molecule has 0 spiro atoms. The van der Waals surface area contributed by atoms with Gasteiger partial charge in [-0.1, -0.05) is 19.3 Å². The van der Waals surface area contributed by atoms with Gasteiger partial charge in [0, 0.05) is 39.0 Å². The monoisotopic (exact) mass is 330 g/mol. The van der Waals surface area contributed by atoms with E-state index in [0.717, 1.165) is 32.1 Å². The van der Waals surface area contributed by atoms with Gasteiger partial charge in [-0.15, -0.1) is 0 Å². The van der Waals surface area contributed by atoms with Gasteiger partial charge in [-0.2, -0.15) is 0 Å². The van der Waals surface area contributed by atoms with E-state index in [1.165, 1.54) is 6.42 Å². The first-order chi connectivity index (χ1) is 11.6. The van der Waals surface area contributed by atoms with Crippen LogP contribution in [0.4, 0.5) is 0 Å². The first kappa shape index (κ1) is 16.9. The van der Waals surface area contributed by atoms with E-state index in [2.05, 4.69) is 9.97 Å². The summed E-state index contributed by atoms with van der Waals surface area (Å²) in [5.41, 5.74) is -0.405. The molecule has 1 saturated heterocycles. The number of carbonyl (C=O) groups is 2. The highest BCUT2D eigenvalue weighted by Gasteiger charge is 2.53. The Kier molecular flexibility index (Phi) is 4.83. The predicted molar refractivity (Wildman–Crippen MR) is 89.9 cm³/mol. The Morgan fingerprint density at radius 1 is 1.17 bits per heavy atom. The molecule has 0 radical (unpaired) electrons. The summed E-state index contributed by atoms with van der Waals surface area (Å²) in [7, 11) is 3.48. The maximum absolute atomic E-state index is 13.2. The van der Waals surface area contributed by atoms with E-state index in [1.54, 1.807) is 42.5 Å². The third kappa shape index (κ3) is 2.78. The average Bonchev–Trinajstić information content (AvgIpc) is 3.07. The van der Waals surface area contributed by atoms with Crippen molar-refractivity contribution in [3.63, 3.8) is 0 Å². The number of hydrogen-bond acceptors (Lipinski definition) is 4. The smallest absolute Gasteiger partial charge is 0.254 e. The van der Waals surface area contributed by atoms with Crippen LogP contribution in [0.1, 0.15) is 50.6 Å². The Balaban J connectivity index is 2.00. The number of rotatable bonds is 3. The molecule has 2 fully saturated rings. The first-order valence-corrected chi connectivity index (χ1v) is 8.87. The second kappa shape index (κ2) is 6.87. The van der Waals surface area contributed by atoms with Crippen molar-refractivity contribution < 1.29 is 9.59 Å². The zero-order valence-electron chi connectivity index (χ0n) is 14.6. The number of carbonyl (C=O) groups excluding carboxylic acids is 2. The van der Waals surface area contributed by atoms with Crippen LogP contribution in [-0.2, 0) is 15.1 Å². The fraction of sp³-hybridized carbons (Fsp3) is 0.667. The normalized spacial score (nSPS) is 24.8. The molecule has 1 atom stereocenters. The van der Waals surface area contributed by atoms with Crippen LogP contribution in [0.3, 0.4) is 0 Å². The number of aromatic nitrogens is 2. The minimum Gasteiger partial charge on any atom is -0.346 e. The van der Waals surface area contributed by atoms with Crippen LogP contribution in [0, 0.1) is 5.92 Å². The van der Waals surface area contributed by atoms with Crippen LogP contribution in [0.25, 0.3) is 0 Å². The predicted octanol–water partition coefficient (Wildman–Crippen LogP) is 1.96. The summed E-state index contributed by atoms with van der Waals surface area (Å²) in [5.74, 6) is 0.0839. The van der Waals surface area contributed by atoms with Crippen molar-refractivity contribution in [3.05, 3.63) is 24.3 Å². The maximum Gasteiger partial charge on any atom is 0.254 e. The van der Waals surface area contributed by atoms with Gasteiger partial charge in [-0.05, 0) is 25.7 Å². The molecule has 1 aromatic rings. The molecule has 2 aliphatic rings. The van der Waals surface area contributed by atoms with E-state index in [4.69, 9.17) is 0 Å². The van der Waals surface area contributed by atoms with Crippen molar-refractivity contribution in [1.82, 2.24) is 19.8 Å². The molecular weight excluding hydrogens is 304 g/mol. The first-order valence-electron chi connectivity index (χ1n) is 8.87. The highest BCUT2D eigenvalue weighted by molar-refractivity contribution is 5.93. The van der Waals surface area contributed by atoms with Crippen LogP contribution < -0.4 is 0 Å². The number of amides is 2. The topological polar surface area (TPSA) is 66.4 Å². The van der Waals surface area contributed by atoms with Crippen LogP contribution in [0.5, 0.6) is 0 Å². The Morgan fingerprint density at radius 3 is 2.54 bits per heavy atom. The number of likely N-dealkylation sites (N-methyl/N-ethyl adjacent to an activating group) is 1. The van der Waals surface area contributed by atoms with Crippen molar-refractivity contribution in [2.75, 3.05) is 20.6 Å². The summed E-state index contributed by atoms with van der Waals surface area (Å²) < 4.78 is 0. The van der Waals surface area contributed by atoms with Gasteiger partial charge in [0.25, 0.3) is 5.91 Å². The van der Waals surface area contributed by atoms with Crippen molar-refractivity contribution in [2.45, 2.75) is 50.5 Å². The minimum absolute atomic E-state index is 0.0443. The van der Waals surface area contributed by atoms with Gasteiger partial charge >= 0.3 is 0 Å². The molecule has 3 rings (SSSR count). The van der Waals surface area contributed by atoms with E-state index < -0.39 is 5.54 Å². The molecule has 2 amide bonds. The standard InChI is InChI=1S/C18H26N4O2/c1-21(2)17(24)18(15-13-19-10-11-20-15)9-6-12-22(18)16(23)14-7-4-3-5-8-14/h10-11,13-14H,3-9,12H2,1-2H3. The molecule has 0 N–H and O–H groups in total. The lowest BCUT2D eigenvalue weighted by atomic mass is 9.85. The SMILES string of the molecule is CN(C)C(=O)C1(c2cnccn2)CCCN1C(=O)C1CCCCC1. The van der Waals surface area contributed by atoms with Crippen molar-refractivity contribution >= 4 is 11.8 Å².